The van der Waals surface area contributed by atoms with Gasteiger partial charge < -0.3 is 15.1 Å². The van der Waals surface area contributed by atoms with Crippen LogP contribution in [0.4, 0.5) is 4.79 Å². The number of carbonyl (C=O) groups is 3. The molecule has 3 rings (SSSR count). The fraction of sp³-hybridized carbons (Fsp3) is 0.611. The molecule has 2 aliphatic rings. The summed E-state index contributed by atoms with van der Waals surface area (Å²) in [4.78, 5) is 37.9. The average molecular weight is 347 g/mol. The van der Waals surface area contributed by atoms with E-state index in [1.807, 2.05) is 19.1 Å². The van der Waals surface area contributed by atoms with Gasteiger partial charge in [0.15, 0.2) is 0 Å². The Morgan fingerprint density at radius 3 is 2.84 bits per heavy atom. The molecule has 7 heteroatoms. The van der Waals surface area contributed by atoms with Crippen LogP contribution in [0.1, 0.15) is 51.2 Å². The topological polar surface area (TPSA) is 91.7 Å². The van der Waals surface area contributed by atoms with Crippen molar-refractivity contribution in [2.75, 3.05) is 6.54 Å². The van der Waals surface area contributed by atoms with Crippen molar-refractivity contribution in [1.29, 1.82) is 0 Å². The fourth-order valence-electron chi connectivity index (χ4n) is 3.64. The minimum atomic E-state index is -0.704. The van der Waals surface area contributed by atoms with Gasteiger partial charge in [0, 0.05) is 25.4 Å². The molecule has 0 bridgehead atoms. The van der Waals surface area contributed by atoms with Crippen molar-refractivity contribution in [2.45, 2.75) is 63.5 Å². The zero-order valence-electron chi connectivity index (χ0n) is 14.5. The lowest BCUT2D eigenvalue weighted by Crippen LogP contribution is -2.44. The number of urea groups is 1. The highest BCUT2D eigenvalue weighted by Gasteiger charge is 2.52. The Morgan fingerprint density at radius 1 is 1.40 bits per heavy atom. The smallest absolute Gasteiger partial charge is 0.325 e. The maximum Gasteiger partial charge on any atom is 0.325 e. The lowest BCUT2D eigenvalue weighted by molar-refractivity contribution is -0.131. The van der Waals surface area contributed by atoms with Gasteiger partial charge in [-0.05, 0) is 38.3 Å². The highest BCUT2D eigenvalue weighted by atomic mass is 16.3. The summed E-state index contributed by atoms with van der Waals surface area (Å²) < 4.78 is 5.27. The van der Waals surface area contributed by atoms with E-state index in [0.29, 0.717) is 12.8 Å². The van der Waals surface area contributed by atoms with Crippen LogP contribution in [0.15, 0.2) is 22.8 Å². The number of carbonyl (C=O) groups excluding carboxylic acids is 3. The predicted octanol–water partition coefficient (Wildman–Crippen LogP) is 1.97. The molecule has 2 fully saturated rings. The molecule has 1 aliphatic carbocycles. The summed E-state index contributed by atoms with van der Waals surface area (Å²) in [5, 5.41) is 5.73. The van der Waals surface area contributed by atoms with E-state index in [0.717, 1.165) is 31.4 Å². The van der Waals surface area contributed by atoms with Crippen LogP contribution in [0.2, 0.25) is 0 Å². The molecule has 7 nitrogen and oxygen atoms in total. The van der Waals surface area contributed by atoms with E-state index in [1.54, 1.807) is 6.26 Å². The molecule has 1 unspecified atom stereocenters. The number of nitrogens with zero attached hydrogens (tertiary/aromatic N) is 1. The molecule has 25 heavy (non-hydrogen) atoms. The van der Waals surface area contributed by atoms with Crippen molar-refractivity contribution in [3.63, 3.8) is 0 Å². The summed E-state index contributed by atoms with van der Waals surface area (Å²) in [6.45, 7) is 2.06. The summed E-state index contributed by atoms with van der Waals surface area (Å²) >= 11 is 0. The minimum Gasteiger partial charge on any atom is -0.469 e. The summed E-state index contributed by atoms with van der Waals surface area (Å²) in [7, 11) is 0. The molecular formula is C18H25N3O4. The van der Waals surface area contributed by atoms with Gasteiger partial charge >= 0.3 is 6.03 Å². The Labute approximate surface area is 147 Å². The van der Waals surface area contributed by atoms with Crippen molar-refractivity contribution in [3.8, 4) is 0 Å². The lowest BCUT2D eigenvalue weighted by Gasteiger charge is -2.20. The van der Waals surface area contributed by atoms with E-state index in [2.05, 4.69) is 10.6 Å². The maximum atomic E-state index is 12.5. The molecule has 1 saturated heterocycles. The van der Waals surface area contributed by atoms with Crippen molar-refractivity contribution >= 4 is 17.8 Å². The van der Waals surface area contributed by atoms with Gasteiger partial charge in [-0.15, -0.1) is 0 Å². The van der Waals surface area contributed by atoms with Gasteiger partial charge in [0.1, 0.15) is 11.3 Å². The van der Waals surface area contributed by atoms with Gasteiger partial charge in [0.25, 0.3) is 5.91 Å². The molecule has 0 radical (unpaired) electrons. The second-order valence-corrected chi connectivity index (χ2v) is 7.01. The van der Waals surface area contributed by atoms with Crippen LogP contribution < -0.4 is 10.6 Å². The first kappa shape index (κ1) is 17.5. The van der Waals surface area contributed by atoms with Crippen LogP contribution in [-0.2, 0) is 16.0 Å². The van der Waals surface area contributed by atoms with E-state index in [4.69, 9.17) is 4.42 Å². The number of furan rings is 1. The molecule has 1 saturated carbocycles. The first-order valence-corrected chi connectivity index (χ1v) is 8.96. The number of imide groups is 1. The number of rotatable bonds is 7. The van der Waals surface area contributed by atoms with Crippen LogP contribution in [0.3, 0.4) is 0 Å². The van der Waals surface area contributed by atoms with Gasteiger partial charge in [-0.1, -0.05) is 12.8 Å². The molecule has 1 spiro atoms. The quantitative estimate of drug-likeness (QED) is 0.738. The van der Waals surface area contributed by atoms with Crippen LogP contribution in [0.25, 0.3) is 0 Å². The standard InChI is InChI=1S/C18H25N3O4/c1-13(6-7-14-5-4-12-25-14)19-15(22)8-11-21-16(23)18(20-17(21)24)9-2-3-10-18/h4-5,12-13H,2-3,6-11H2,1H3,(H,19,22)(H,20,24). The number of hydrogen-bond acceptors (Lipinski definition) is 4. The van der Waals surface area contributed by atoms with E-state index in [-0.39, 0.29) is 36.9 Å². The van der Waals surface area contributed by atoms with E-state index < -0.39 is 5.54 Å². The van der Waals surface area contributed by atoms with Crippen molar-refractivity contribution in [1.82, 2.24) is 15.5 Å². The summed E-state index contributed by atoms with van der Waals surface area (Å²) in [6, 6.07) is 3.38. The molecule has 1 aliphatic heterocycles. The van der Waals surface area contributed by atoms with Crippen molar-refractivity contribution in [2.24, 2.45) is 0 Å². The number of amides is 4. The second-order valence-electron chi connectivity index (χ2n) is 7.01. The Balaban J connectivity index is 1.42. The van der Waals surface area contributed by atoms with Gasteiger partial charge in [-0.3, -0.25) is 14.5 Å². The molecule has 1 atom stereocenters. The van der Waals surface area contributed by atoms with Crippen molar-refractivity contribution < 1.29 is 18.8 Å². The predicted molar refractivity (Wildman–Crippen MR) is 90.7 cm³/mol. The second kappa shape index (κ2) is 7.29. The monoisotopic (exact) mass is 347 g/mol. The molecule has 4 amide bonds. The highest BCUT2D eigenvalue weighted by molar-refractivity contribution is 6.07. The number of hydrogen-bond donors (Lipinski definition) is 2. The number of nitrogens with one attached hydrogen (secondary N) is 2. The molecule has 136 valence electrons. The Kier molecular flexibility index (Phi) is 5.11. The summed E-state index contributed by atoms with van der Waals surface area (Å²) in [5.74, 6) is 0.566. The third kappa shape index (κ3) is 3.86. The Bertz CT molecular complexity index is 635. The molecule has 1 aromatic rings. The molecule has 1 aromatic heterocycles. The first-order valence-electron chi connectivity index (χ1n) is 8.96. The molecular weight excluding hydrogens is 322 g/mol. The zero-order chi connectivity index (χ0) is 17.9. The van der Waals surface area contributed by atoms with E-state index in [9.17, 15) is 14.4 Å². The molecule has 0 aromatic carbocycles. The van der Waals surface area contributed by atoms with Crippen LogP contribution >= 0.6 is 0 Å². The molecule has 2 N–H and O–H groups in total. The zero-order valence-corrected chi connectivity index (χ0v) is 14.5. The van der Waals surface area contributed by atoms with Crippen LogP contribution in [0, 0.1) is 0 Å². The first-order chi connectivity index (χ1) is 12.0. The number of aryl methyl sites for hydroxylation is 1. The maximum absolute atomic E-state index is 12.5. The fourth-order valence-corrected chi connectivity index (χ4v) is 3.64. The van der Waals surface area contributed by atoms with Crippen LogP contribution in [-0.4, -0.2) is 40.9 Å². The third-order valence-electron chi connectivity index (χ3n) is 5.08. The van der Waals surface area contributed by atoms with E-state index in [1.165, 1.54) is 4.90 Å². The average Bonchev–Trinajstić information content (AvgIpc) is 3.28. The van der Waals surface area contributed by atoms with Crippen LogP contribution in [0.5, 0.6) is 0 Å². The lowest BCUT2D eigenvalue weighted by atomic mass is 9.98. The third-order valence-corrected chi connectivity index (χ3v) is 5.08. The Morgan fingerprint density at radius 2 is 2.16 bits per heavy atom. The summed E-state index contributed by atoms with van der Waals surface area (Å²) in [5.41, 5.74) is -0.704. The minimum absolute atomic E-state index is 0.00174. The van der Waals surface area contributed by atoms with E-state index >= 15 is 0 Å². The van der Waals surface area contributed by atoms with Gasteiger partial charge in [-0.25, -0.2) is 4.79 Å². The van der Waals surface area contributed by atoms with Gasteiger partial charge in [-0.2, -0.15) is 0 Å². The highest BCUT2D eigenvalue weighted by Crippen LogP contribution is 2.34. The van der Waals surface area contributed by atoms with Crippen molar-refractivity contribution in [3.05, 3.63) is 24.2 Å². The Hall–Kier alpha value is -2.31. The SMILES string of the molecule is CC(CCc1ccco1)NC(=O)CCN1C(=O)NC2(CCCC2)C1=O. The molecule has 2 heterocycles. The summed E-state index contributed by atoms with van der Waals surface area (Å²) in [6.07, 6.45) is 6.58. The van der Waals surface area contributed by atoms with Gasteiger partial charge in [0.05, 0.1) is 6.26 Å². The normalized spacial score (nSPS) is 20.1. The largest absolute Gasteiger partial charge is 0.469 e. The van der Waals surface area contributed by atoms with Gasteiger partial charge in [0.2, 0.25) is 5.91 Å².